The fraction of sp³-hybridized carbons (Fsp3) is 0.667. The minimum Gasteiger partial charge on any atom is -0.344 e. The Balaban J connectivity index is -0.0000000200. The third-order valence-electron chi connectivity index (χ3n) is 0. The van der Waals surface area contributed by atoms with E-state index in [0.717, 1.165) is 6.42 Å². The zero-order valence-electron chi connectivity index (χ0n) is 4.41. The Bertz CT molecular complexity index is 4.85. The number of rotatable bonds is 0. The first-order valence-electron chi connectivity index (χ1n) is 1.21. The largest absolute Gasteiger partial charge is 1.00 e. The Morgan fingerprint density at radius 1 is 1.60 bits per heavy atom. The normalized spacial score (nSPS) is 3.60. The van der Waals surface area contributed by atoms with Gasteiger partial charge in [0, 0.05) is 18.9 Å². The number of hydrogen-bond acceptors (Lipinski definition) is 0. The molecule has 0 rings (SSSR count). The SMILES string of the molecule is [CH2-]CC.[Li+].[Li]. The van der Waals surface area contributed by atoms with Gasteiger partial charge in [-0.1, -0.05) is 6.92 Å². The summed E-state index contributed by atoms with van der Waals surface area (Å²) in [6.07, 6.45) is 1.00. The molecule has 0 spiro atoms. The van der Waals surface area contributed by atoms with Crippen molar-refractivity contribution in [1.29, 1.82) is 0 Å². The van der Waals surface area contributed by atoms with Crippen molar-refractivity contribution in [3.05, 3.63) is 6.92 Å². The summed E-state index contributed by atoms with van der Waals surface area (Å²) in [5, 5.41) is 0. The molecule has 0 saturated carbocycles. The van der Waals surface area contributed by atoms with E-state index < -0.39 is 0 Å². The van der Waals surface area contributed by atoms with Crippen LogP contribution in [0.2, 0.25) is 0 Å². The molecule has 0 aromatic rings. The molecular weight excluding hydrogens is 49.9 g/mol. The predicted molar refractivity (Wildman–Crippen MR) is 21.4 cm³/mol. The fourth-order valence-corrected chi connectivity index (χ4v) is 0. The molecule has 2 heteroatoms. The Hall–Kier alpha value is 1.19. The molecule has 0 saturated heterocycles. The summed E-state index contributed by atoms with van der Waals surface area (Å²) in [5.41, 5.74) is 0. The molecule has 0 aliphatic rings. The van der Waals surface area contributed by atoms with Gasteiger partial charge in [-0.3, -0.25) is 0 Å². The van der Waals surface area contributed by atoms with E-state index in [0.29, 0.717) is 0 Å². The van der Waals surface area contributed by atoms with Crippen LogP contribution in [0.3, 0.4) is 0 Å². The molecule has 0 amide bonds. The summed E-state index contributed by atoms with van der Waals surface area (Å²) in [7, 11) is 0. The zero-order valence-corrected chi connectivity index (χ0v) is 4.41. The standard InChI is InChI=1S/C3H7.2Li/c1-3-2;;/h1,3H2,2H3;;/q-1;;+1. The van der Waals surface area contributed by atoms with E-state index in [1.54, 1.807) is 0 Å². The maximum absolute atomic E-state index is 3.49. The summed E-state index contributed by atoms with van der Waals surface area (Å²) in [6.45, 7) is 5.50. The van der Waals surface area contributed by atoms with Crippen LogP contribution in [0.1, 0.15) is 13.3 Å². The predicted octanol–water partition coefficient (Wildman–Crippen LogP) is -2.15. The van der Waals surface area contributed by atoms with Crippen LogP contribution in [0.4, 0.5) is 0 Å². The molecule has 0 fully saturated rings. The van der Waals surface area contributed by atoms with Crippen LogP contribution in [0.15, 0.2) is 0 Å². The third-order valence-corrected chi connectivity index (χ3v) is 0. The van der Waals surface area contributed by atoms with Crippen molar-refractivity contribution in [3.8, 4) is 0 Å². The minimum absolute atomic E-state index is 0. The average Bonchev–Trinajstić information content (AvgIpc) is 0.918. The molecule has 0 nitrogen and oxygen atoms in total. The molecule has 0 aromatic carbocycles. The summed E-state index contributed by atoms with van der Waals surface area (Å²) in [4.78, 5) is 0. The third kappa shape index (κ3) is 37.1. The molecule has 1 radical (unpaired) electrons. The molecule has 0 bridgehead atoms. The van der Waals surface area contributed by atoms with E-state index in [1.165, 1.54) is 0 Å². The molecule has 0 heterocycles. The summed E-state index contributed by atoms with van der Waals surface area (Å²) in [6, 6.07) is 0. The molecule has 5 heavy (non-hydrogen) atoms. The van der Waals surface area contributed by atoms with Gasteiger partial charge >= 0.3 is 18.9 Å². The first kappa shape index (κ1) is 16.4. The second-order valence-corrected chi connectivity index (χ2v) is 0.500. The maximum atomic E-state index is 3.49. The topological polar surface area (TPSA) is 0 Å². The molecule has 0 unspecified atom stereocenters. The molecule has 0 aliphatic carbocycles. The van der Waals surface area contributed by atoms with Crippen LogP contribution in [0, 0.1) is 6.92 Å². The fourth-order valence-electron chi connectivity index (χ4n) is 0. The van der Waals surface area contributed by atoms with Gasteiger partial charge in [-0.15, -0.1) is 0 Å². The van der Waals surface area contributed by atoms with Crippen LogP contribution in [-0.2, 0) is 0 Å². The van der Waals surface area contributed by atoms with Crippen molar-refractivity contribution in [2.45, 2.75) is 13.3 Å². The molecular formula is C3H7Li2. The van der Waals surface area contributed by atoms with Crippen molar-refractivity contribution in [2.24, 2.45) is 0 Å². The smallest absolute Gasteiger partial charge is 0.344 e. The molecule has 0 aliphatic heterocycles. The van der Waals surface area contributed by atoms with E-state index in [1.807, 2.05) is 6.92 Å². The van der Waals surface area contributed by atoms with Crippen molar-refractivity contribution >= 4 is 18.9 Å². The molecule has 0 atom stereocenters. The summed E-state index contributed by atoms with van der Waals surface area (Å²) < 4.78 is 0. The Labute approximate surface area is 58.1 Å². The van der Waals surface area contributed by atoms with Gasteiger partial charge in [0.2, 0.25) is 0 Å². The monoisotopic (exact) mass is 57.1 g/mol. The maximum Gasteiger partial charge on any atom is 1.00 e. The molecule has 21 valence electrons. The Morgan fingerprint density at radius 3 is 1.60 bits per heavy atom. The van der Waals surface area contributed by atoms with Crippen LogP contribution in [0.25, 0.3) is 0 Å². The number of hydrogen-bond donors (Lipinski definition) is 0. The first-order chi connectivity index (χ1) is 1.41. The first-order valence-corrected chi connectivity index (χ1v) is 1.21. The summed E-state index contributed by atoms with van der Waals surface area (Å²) in [5.74, 6) is 0. The minimum atomic E-state index is 0. The van der Waals surface area contributed by atoms with Crippen molar-refractivity contribution in [1.82, 2.24) is 0 Å². The van der Waals surface area contributed by atoms with Gasteiger partial charge in [-0.2, -0.15) is 6.42 Å². The van der Waals surface area contributed by atoms with Crippen LogP contribution >= 0.6 is 0 Å². The second-order valence-electron chi connectivity index (χ2n) is 0.500. The molecule has 0 N–H and O–H groups in total. The van der Waals surface area contributed by atoms with E-state index >= 15 is 0 Å². The van der Waals surface area contributed by atoms with Gasteiger partial charge in [0.25, 0.3) is 0 Å². The van der Waals surface area contributed by atoms with E-state index in [2.05, 4.69) is 6.92 Å². The van der Waals surface area contributed by atoms with Crippen LogP contribution < -0.4 is 18.9 Å². The average molecular weight is 57.0 g/mol. The van der Waals surface area contributed by atoms with Gasteiger partial charge in [0.15, 0.2) is 0 Å². The van der Waals surface area contributed by atoms with E-state index in [9.17, 15) is 0 Å². The Kier molecular flexibility index (Phi) is 62.2. The van der Waals surface area contributed by atoms with Crippen molar-refractivity contribution < 1.29 is 18.9 Å². The van der Waals surface area contributed by atoms with Crippen molar-refractivity contribution in [2.75, 3.05) is 0 Å². The van der Waals surface area contributed by atoms with Gasteiger partial charge in [0.1, 0.15) is 0 Å². The van der Waals surface area contributed by atoms with E-state index in [4.69, 9.17) is 0 Å². The zero-order chi connectivity index (χ0) is 2.71. The van der Waals surface area contributed by atoms with Crippen molar-refractivity contribution in [3.63, 3.8) is 0 Å². The van der Waals surface area contributed by atoms with Crippen LogP contribution in [-0.4, -0.2) is 18.9 Å². The van der Waals surface area contributed by atoms with Gasteiger partial charge in [0.05, 0.1) is 0 Å². The Morgan fingerprint density at radius 2 is 1.60 bits per heavy atom. The van der Waals surface area contributed by atoms with Gasteiger partial charge < -0.3 is 6.92 Å². The molecule has 0 aromatic heterocycles. The van der Waals surface area contributed by atoms with Crippen LogP contribution in [0.5, 0.6) is 0 Å². The van der Waals surface area contributed by atoms with E-state index in [-0.39, 0.29) is 37.7 Å². The van der Waals surface area contributed by atoms with Gasteiger partial charge in [-0.05, 0) is 0 Å². The quantitative estimate of drug-likeness (QED) is 0.220. The second kappa shape index (κ2) is 19.0. The summed E-state index contributed by atoms with van der Waals surface area (Å²) >= 11 is 0. The van der Waals surface area contributed by atoms with Gasteiger partial charge in [-0.25, -0.2) is 0 Å².